The average Bonchev–Trinajstić information content (AvgIpc) is 2.36. The van der Waals surface area contributed by atoms with E-state index in [0.717, 1.165) is 13.1 Å². The summed E-state index contributed by atoms with van der Waals surface area (Å²) in [7, 11) is 4.24. The van der Waals surface area contributed by atoms with Crippen molar-refractivity contribution in [1.82, 2.24) is 15.1 Å². The molecular formula is C13H28N4O. The van der Waals surface area contributed by atoms with E-state index in [0.29, 0.717) is 25.6 Å². The summed E-state index contributed by atoms with van der Waals surface area (Å²) in [5.41, 5.74) is 5.83. The lowest BCUT2D eigenvalue weighted by Crippen LogP contribution is -2.52. The van der Waals surface area contributed by atoms with Gasteiger partial charge in [-0.1, -0.05) is 0 Å². The van der Waals surface area contributed by atoms with Crippen molar-refractivity contribution in [3.05, 3.63) is 0 Å². The maximum absolute atomic E-state index is 11.7. The second kappa shape index (κ2) is 7.71. The monoisotopic (exact) mass is 256 g/mol. The lowest BCUT2D eigenvalue weighted by molar-refractivity contribution is -0.122. The van der Waals surface area contributed by atoms with Crippen LogP contribution >= 0.6 is 0 Å². The molecule has 0 radical (unpaired) electrons. The zero-order valence-electron chi connectivity index (χ0n) is 12.0. The lowest BCUT2D eigenvalue weighted by Gasteiger charge is -2.40. The number of carbonyl (C=O) groups is 1. The van der Waals surface area contributed by atoms with Gasteiger partial charge >= 0.3 is 0 Å². The minimum Gasteiger partial charge on any atom is -0.356 e. The van der Waals surface area contributed by atoms with E-state index in [4.69, 9.17) is 5.73 Å². The molecule has 106 valence electrons. The molecule has 18 heavy (non-hydrogen) atoms. The van der Waals surface area contributed by atoms with Crippen molar-refractivity contribution in [2.45, 2.75) is 38.3 Å². The van der Waals surface area contributed by atoms with Crippen molar-refractivity contribution in [3.8, 4) is 0 Å². The summed E-state index contributed by atoms with van der Waals surface area (Å²) < 4.78 is 0. The number of likely N-dealkylation sites (tertiary alicyclic amines) is 1. The lowest BCUT2D eigenvalue weighted by atomic mass is 10.0. The zero-order chi connectivity index (χ0) is 13.5. The molecular weight excluding hydrogens is 228 g/mol. The van der Waals surface area contributed by atoms with Crippen LogP contribution in [0.3, 0.4) is 0 Å². The van der Waals surface area contributed by atoms with E-state index in [1.54, 1.807) is 0 Å². The van der Waals surface area contributed by atoms with Gasteiger partial charge in [0.15, 0.2) is 0 Å². The summed E-state index contributed by atoms with van der Waals surface area (Å²) in [6.45, 7) is 5.27. The van der Waals surface area contributed by atoms with E-state index in [-0.39, 0.29) is 11.9 Å². The number of nitrogens with one attached hydrogen (secondary N) is 1. The van der Waals surface area contributed by atoms with Gasteiger partial charge in [0.1, 0.15) is 0 Å². The van der Waals surface area contributed by atoms with E-state index in [1.807, 2.05) is 6.92 Å². The van der Waals surface area contributed by atoms with Crippen LogP contribution in [-0.2, 0) is 4.79 Å². The normalized spacial score (nSPS) is 23.1. The summed E-state index contributed by atoms with van der Waals surface area (Å²) in [5.74, 6) is 0.111. The molecule has 1 rings (SSSR count). The Morgan fingerprint density at radius 1 is 1.56 bits per heavy atom. The van der Waals surface area contributed by atoms with Gasteiger partial charge in [-0.05, 0) is 40.4 Å². The Labute approximate surface area is 111 Å². The Bertz CT molecular complexity index is 257. The Hall–Kier alpha value is -0.650. The van der Waals surface area contributed by atoms with Crippen molar-refractivity contribution < 1.29 is 4.79 Å². The number of hydrogen-bond acceptors (Lipinski definition) is 4. The molecule has 0 aromatic rings. The Kier molecular flexibility index (Phi) is 6.60. The minimum absolute atomic E-state index is 0.111. The highest BCUT2D eigenvalue weighted by Crippen LogP contribution is 2.17. The second-order valence-corrected chi connectivity index (χ2v) is 5.30. The van der Waals surface area contributed by atoms with Gasteiger partial charge in [-0.2, -0.15) is 0 Å². The first kappa shape index (κ1) is 15.4. The molecule has 1 fully saturated rings. The number of likely N-dealkylation sites (N-methyl/N-ethyl adjacent to an activating group) is 1. The molecule has 0 bridgehead atoms. The molecule has 0 aromatic heterocycles. The highest BCUT2D eigenvalue weighted by Gasteiger charge is 2.27. The molecule has 1 aliphatic rings. The van der Waals surface area contributed by atoms with Gasteiger partial charge < -0.3 is 16.0 Å². The fourth-order valence-electron chi connectivity index (χ4n) is 2.58. The number of carbonyl (C=O) groups excluding carboxylic acids is 1. The minimum atomic E-state index is 0.111. The summed E-state index contributed by atoms with van der Waals surface area (Å²) in [5, 5.41) is 2.85. The summed E-state index contributed by atoms with van der Waals surface area (Å²) >= 11 is 0. The SMILES string of the molecule is CCNC(=O)CC(CN)N1CCCC(N(C)C)C1. The molecule has 0 aromatic carbocycles. The first-order valence-corrected chi connectivity index (χ1v) is 6.95. The Balaban J connectivity index is 2.50. The molecule has 1 aliphatic heterocycles. The maximum Gasteiger partial charge on any atom is 0.221 e. The van der Waals surface area contributed by atoms with Crippen LogP contribution in [0.15, 0.2) is 0 Å². The summed E-state index contributed by atoms with van der Waals surface area (Å²) in [4.78, 5) is 16.3. The van der Waals surface area contributed by atoms with Crippen LogP contribution in [0.5, 0.6) is 0 Å². The van der Waals surface area contributed by atoms with E-state index in [9.17, 15) is 4.79 Å². The number of nitrogens with two attached hydrogens (primary N) is 1. The van der Waals surface area contributed by atoms with Gasteiger partial charge in [-0.25, -0.2) is 0 Å². The predicted molar refractivity (Wildman–Crippen MR) is 74.4 cm³/mol. The van der Waals surface area contributed by atoms with Crippen LogP contribution in [0, 0.1) is 0 Å². The van der Waals surface area contributed by atoms with Crippen LogP contribution in [0.25, 0.3) is 0 Å². The van der Waals surface area contributed by atoms with Gasteiger partial charge in [0, 0.05) is 38.1 Å². The van der Waals surface area contributed by atoms with Crippen molar-refractivity contribution in [3.63, 3.8) is 0 Å². The number of rotatable bonds is 6. The van der Waals surface area contributed by atoms with Crippen molar-refractivity contribution >= 4 is 5.91 Å². The molecule has 0 aliphatic carbocycles. The number of nitrogens with zero attached hydrogens (tertiary/aromatic N) is 2. The standard InChI is InChI=1S/C13H28N4O/c1-4-15-13(18)8-12(9-14)17-7-5-6-11(10-17)16(2)3/h11-12H,4-10,14H2,1-3H3,(H,15,18). The highest BCUT2D eigenvalue weighted by atomic mass is 16.1. The zero-order valence-corrected chi connectivity index (χ0v) is 12.0. The van der Waals surface area contributed by atoms with Gasteiger partial charge in [0.05, 0.1) is 0 Å². The van der Waals surface area contributed by atoms with E-state index >= 15 is 0 Å². The van der Waals surface area contributed by atoms with Crippen molar-refractivity contribution in [2.75, 3.05) is 40.3 Å². The molecule has 2 unspecified atom stereocenters. The summed E-state index contributed by atoms with van der Waals surface area (Å²) in [6.07, 6.45) is 2.95. The van der Waals surface area contributed by atoms with Crippen LogP contribution in [0.1, 0.15) is 26.2 Å². The molecule has 5 heteroatoms. The fourth-order valence-corrected chi connectivity index (χ4v) is 2.58. The molecule has 1 amide bonds. The Morgan fingerprint density at radius 3 is 2.83 bits per heavy atom. The molecule has 0 spiro atoms. The quantitative estimate of drug-likeness (QED) is 0.695. The van der Waals surface area contributed by atoms with Crippen LogP contribution in [0.2, 0.25) is 0 Å². The third kappa shape index (κ3) is 4.55. The second-order valence-electron chi connectivity index (χ2n) is 5.30. The number of piperidine rings is 1. The third-order valence-corrected chi connectivity index (χ3v) is 3.74. The molecule has 5 nitrogen and oxygen atoms in total. The van der Waals surface area contributed by atoms with E-state index < -0.39 is 0 Å². The van der Waals surface area contributed by atoms with Crippen LogP contribution in [-0.4, -0.2) is 68.1 Å². The maximum atomic E-state index is 11.7. The van der Waals surface area contributed by atoms with Gasteiger partial charge in [0.25, 0.3) is 0 Å². The van der Waals surface area contributed by atoms with E-state index in [1.165, 1.54) is 12.8 Å². The van der Waals surface area contributed by atoms with Crippen LogP contribution in [0.4, 0.5) is 0 Å². The fraction of sp³-hybridized carbons (Fsp3) is 0.923. The topological polar surface area (TPSA) is 61.6 Å². The third-order valence-electron chi connectivity index (χ3n) is 3.74. The first-order valence-electron chi connectivity index (χ1n) is 6.95. The molecule has 1 saturated heterocycles. The van der Waals surface area contributed by atoms with Gasteiger partial charge in [-0.15, -0.1) is 0 Å². The molecule has 3 N–H and O–H groups in total. The van der Waals surface area contributed by atoms with Crippen molar-refractivity contribution in [2.24, 2.45) is 5.73 Å². The highest BCUT2D eigenvalue weighted by molar-refractivity contribution is 5.76. The molecule has 0 saturated carbocycles. The average molecular weight is 256 g/mol. The van der Waals surface area contributed by atoms with Crippen molar-refractivity contribution in [1.29, 1.82) is 0 Å². The van der Waals surface area contributed by atoms with E-state index in [2.05, 4.69) is 29.2 Å². The number of amides is 1. The predicted octanol–water partition coefficient (Wildman–Crippen LogP) is -0.134. The number of hydrogen-bond donors (Lipinski definition) is 2. The summed E-state index contributed by atoms with van der Waals surface area (Å²) in [6, 6.07) is 0.765. The van der Waals surface area contributed by atoms with Crippen LogP contribution < -0.4 is 11.1 Å². The first-order chi connectivity index (χ1) is 8.58. The molecule has 1 heterocycles. The molecule has 2 atom stereocenters. The smallest absolute Gasteiger partial charge is 0.221 e. The Morgan fingerprint density at radius 2 is 2.28 bits per heavy atom. The van der Waals surface area contributed by atoms with Gasteiger partial charge in [0.2, 0.25) is 5.91 Å². The largest absolute Gasteiger partial charge is 0.356 e. The van der Waals surface area contributed by atoms with Gasteiger partial charge in [-0.3, -0.25) is 9.69 Å².